The third-order valence-corrected chi connectivity index (χ3v) is 5.41. The average molecular weight is 459 g/mol. The standard InChI is InChI=1S/C22H23BrN2O4/c1-24(2)12-13-25-19(14-4-8-16(23)9-5-14)18(21(27)22(25)28)20(26)15-6-10-17(29-3)11-7-15/h4-11,19,26H,12-13H2,1-3H3/b20-18+/t19-/m1/s1. The summed E-state index contributed by atoms with van der Waals surface area (Å²) in [6.45, 7) is 0.973. The summed E-state index contributed by atoms with van der Waals surface area (Å²) in [5.74, 6) is -0.830. The van der Waals surface area contributed by atoms with Crippen LogP contribution in [0.1, 0.15) is 17.2 Å². The van der Waals surface area contributed by atoms with Gasteiger partial charge < -0.3 is 19.6 Å². The molecule has 1 fully saturated rings. The lowest BCUT2D eigenvalue weighted by atomic mass is 9.95. The molecule has 7 heteroatoms. The molecule has 0 aromatic heterocycles. The summed E-state index contributed by atoms with van der Waals surface area (Å²) >= 11 is 3.41. The van der Waals surface area contributed by atoms with Crippen molar-refractivity contribution in [3.63, 3.8) is 0 Å². The lowest BCUT2D eigenvalue weighted by molar-refractivity contribution is -0.140. The number of methoxy groups -OCH3 is 1. The van der Waals surface area contributed by atoms with Crippen LogP contribution in [-0.4, -0.2) is 60.9 Å². The molecule has 0 radical (unpaired) electrons. The number of hydrogen-bond donors (Lipinski definition) is 1. The molecule has 152 valence electrons. The fourth-order valence-electron chi connectivity index (χ4n) is 3.31. The predicted octanol–water partition coefficient (Wildman–Crippen LogP) is 3.44. The number of carbonyl (C=O) groups excluding carboxylic acids is 2. The van der Waals surface area contributed by atoms with Gasteiger partial charge in [0, 0.05) is 23.1 Å². The molecule has 0 bridgehead atoms. The molecule has 1 amide bonds. The Morgan fingerprint density at radius 3 is 2.28 bits per heavy atom. The van der Waals surface area contributed by atoms with E-state index in [1.807, 2.05) is 43.3 Å². The van der Waals surface area contributed by atoms with Crippen molar-refractivity contribution >= 4 is 33.4 Å². The molecule has 2 aromatic carbocycles. The van der Waals surface area contributed by atoms with Crippen LogP contribution in [0.15, 0.2) is 58.6 Å². The van der Waals surface area contributed by atoms with Crippen LogP contribution in [0, 0.1) is 0 Å². The van der Waals surface area contributed by atoms with Crippen LogP contribution in [-0.2, 0) is 9.59 Å². The quantitative estimate of drug-likeness (QED) is 0.407. The van der Waals surface area contributed by atoms with Crippen molar-refractivity contribution in [2.45, 2.75) is 6.04 Å². The van der Waals surface area contributed by atoms with E-state index in [-0.39, 0.29) is 11.3 Å². The summed E-state index contributed by atoms with van der Waals surface area (Å²) in [6, 6.07) is 13.5. The molecule has 6 nitrogen and oxygen atoms in total. The van der Waals surface area contributed by atoms with Crippen LogP contribution in [0.3, 0.4) is 0 Å². The zero-order valence-corrected chi connectivity index (χ0v) is 18.1. The van der Waals surface area contributed by atoms with Crippen LogP contribution in [0.4, 0.5) is 0 Å². The molecular weight excluding hydrogens is 436 g/mol. The molecule has 1 atom stereocenters. The fraction of sp³-hybridized carbons (Fsp3) is 0.273. The van der Waals surface area contributed by atoms with Gasteiger partial charge in [0.2, 0.25) is 0 Å². The number of rotatable bonds is 6. The van der Waals surface area contributed by atoms with Crippen LogP contribution < -0.4 is 4.74 Å². The van der Waals surface area contributed by atoms with Crippen molar-refractivity contribution in [3.05, 3.63) is 69.7 Å². The van der Waals surface area contributed by atoms with Crippen molar-refractivity contribution in [2.24, 2.45) is 0 Å². The normalized spacial score (nSPS) is 18.5. The van der Waals surface area contributed by atoms with E-state index in [0.717, 1.165) is 10.0 Å². The first-order valence-electron chi connectivity index (χ1n) is 9.16. The Bertz CT molecular complexity index is 936. The molecule has 0 aliphatic carbocycles. The minimum Gasteiger partial charge on any atom is -0.507 e. The highest BCUT2D eigenvalue weighted by Crippen LogP contribution is 2.39. The maximum Gasteiger partial charge on any atom is 0.295 e. The number of ether oxygens (including phenoxy) is 1. The summed E-state index contributed by atoms with van der Waals surface area (Å²) in [4.78, 5) is 29.2. The van der Waals surface area contributed by atoms with Gasteiger partial charge in [0.05, 0.1) is 18.7 Å². The summed E-state index contributed by atoms with van der Waals surface area (Å²) in [7, 11) is 5.36. The number of likely N-dealkylation sites (tertiary alicyclic amines) is 1. The number of nitrogens with zero attached hydrogens (tertiary/aromatic N) is 2. The largest absolute Gasteiger partial charge is 0.507 e. The number of Topliss-reactive ketones (excluding diaryl/α,β-unsaturated/α-hetero) is 1. The third kappa shape index (κ3) is 4.36. The Labute approximate surface area is 178 Å². The van der Waals surface area contributed by atoms with Crippen LogP contribution in [0.2, 0.25) is 0 Å². The molecule has 1 aliphatic rings. The fourth-order valence-corrected chi connectivity index (χ4v) is 3.58. The molecule has 1 heterocycles. The summed E-state index contributed by atoms with van der Waals surface area (Å²) in [5, 5.41) is 11.0. The van der Waals surface area contributed by atoms with E-state index in [0.29, 0.717) is 24.4 Å². The first kappa shape index (κ1) is 21.1. The zero-order chi connectivity index (χ0) is 21.1. The van der Waals surface area contributed by atoms with Gasteiger partial charge in [0.15, 0.2) is 0 Å². The monoisotopic (exact) mass is 458 g/mol. The second kappa shape index (κ2) is 8.80. The predicted molar refractivity (Wildman–Crippen MR) is 115 cm³/mol. The van der Waals surface area contributed by atoms with E-state index >= 15 is 0 Å². The molecule has 0 unspecified atom stereocenters. The lowest BCUT2D eigenvalue weighted by Crippen LogP contribution is -2.35. The van der Waals surface area contributed by atoms with E-state index in [1.165, 1.54) is 4.90 Å². The van der Waals surface area contributed by atoms with Crippen LogP contribution >= 0.6 is 15.9 Å². The Morgan fingerprint density at radius 1 is 1.10 bits per heavy atom. The number of aliphatic hydroxyl groups is 1. The number of ketones is 1. The van der Waals surface area contributed by atoms with E-state index in [9.17, 15) is 14.7 Å². The molecule has 1 N–H and O–H groups in total. The molecule has 0 spiro atoms. The molecule has 1 aliphatic heterocycles. The maximum atomic E-state index is 12.9. The minimum atomic E-state index is -0.676. The highest BCUT2D eigenvalue weighted by molar-refractivity contribution is 9.10. The van der Waals surface area contributed by atoms with Gasteiger partial charge in [-0.3, -0.25) is 9.59 Å². The van der Waals surface area contributed by atoms with Gasteiger partial charge >= 0.3 is 0 Å². The molecule has 0 saturated carbocycles. The Balaban J connectivity index is 2.11. The first-order valence-corrected chi connectivity index (χ1v) is 9.95. The zero-order valence-electron chi connectivity index (χ0n) is 16.6. The molecule has 1 saturated heterocycles. The second-order valence-corrected chi connectivity index (χ2v) is 7.99. The number of likely N-dealkylation sites (N-methyl/N-ethyl adjacent to an activating group) is 1. The highest BCUT2D eigenvalue weighted by Gasteiger charge is 2.45. The van der Waals surface area contributed by atoms with E-state index in [2.05, 4.69) is 15.9 Å². The van der Waals surface area contributed by atoms with Crippen molar-refractivity contribution < 1.29 is 19.4 Å². The van der Waals surface area contributed by atoms with Gasteiger partial charge in [-0.25, -0.2) is 0 Å². The van der Waals surface area contributed by atoms with Crippen molar-refractivity contribution in [1.82, 2.24) is 9.80 Å². The van der Waals surface area contributed by atoms with Gasteiger partial charge in [-0.05, 0) is 56.1 Å². The van der Waals surface area contributed by atoms with Crippen LogP contribution in [0.25, 0.3) is 5.76 Å². The van der Waals surface area contributed by atoms with E-state index in [4.69, 9.17) is 4.74 Å². The minimum absolute atomic E-state index is 0.0984. The highest BCUT2D eigenvalue weighted by atomic mass is 79.9. The van der Waals surface area contributed by atoms with E-state index in [1.54, 1.807) is 31.4 Å². The number of carbonyl (C=O) groups is 2. The summed E-state index contributed by atoms with van der Waals surface area (Å²) < 4.78 is 6.04. The van der Waals surface area contributed by atoms with Gasteiger partial charge in [-0.1, -0.05) is 28.1 Å². The average Bonchev–Trinajstić information content (AvgIpc) is 2.97. The SMILES string of the molecule is COc1ccc(/C(O)=C2\C(=O)C(=O)N(CCN(C)C)[C@@H]2c2ccc(Br)cc2)cc1. The number of aliphatic hydroxyl groups excluding tert-OH is 1. The van der Waals surface area contributed by atoms with Crippen molar-refractivity contribution in [2.75, 3.05) is 34.3 Å². The maximum absolute atomic E-state index is 12.9. The Kier molecular flexibility index (Phi) is 6.39. The van der Waals surface area contributed by atoms with Gasteiger partial charge in [0.1, 0.15) is 11.5 Å². The second-order valence-electron chi connectivity index (χ2n) is 7.08. The summed E-state index contributed by atoms with van der Waals surface area (Å²) in [6.07, 6.45) is 0. The number of hydrogen-bond acceptors (Lipinski definition) is 5. The van der Waals surface area contributed by atoms with Gasteiger partial charge in [0.25, 0.3) is 11.7 Å². The molecule has 3 rings (SSSR count). The molecular formula is C22H23BrN2O4. The van der Waals surface area contributed by atoms with Crippen molar-refractivity contribution in [3.8, 4) is 5.75 Å². The van der Waals surface area contributed by atoms with Gasteiger partial charge in [-0.2, -0.15) is 0 Å². The first-order chi connectivity index (χ1) is 13.8. The third-order valence-electron chi connectivity index (χ3n) is 4.88. The molecule has 29 heavy (non-hydrogen) atoms. The smallest absolute Gasteiger partial charge is 0.295 e. The van der Waals surface area contributed by atoms with Crippen LogP contribution in [0.5, 0.6) is 5.75 Å². The topological polar surface area (TPSA) is 70.1 Å². The Morgan fingerprint density at radius 2 is 1.72 bits per heavy atom. The Hall–Kier alpha value is -2.64. The number of amides is 1. The van der Waals surface area contributed by atoms with Gasteiger partial charge in [-0.15, -0.1) is 0 Å². The number of halogens is 1. The molecule has 2 aromatic rings. The van der Waals surface area contributed by atoms with E-state index < -0.39 is 17.7 Å². The lowest BCUT2D eigenvalue weighted by Gasteiger charge is -2.26. The number of benzene rings is 2. The summed E-state index contributed by atoms with van der Waals surface area (Å²) in [5.41, 5.74) is 1.32. The van der Waals surface area contributed by atoms with Crippen molar-refractivity contribution in [1.29, 1.82) is 0 Å².